The third-order valence-corrected chi connectivity index (χ3v) is 6.16. The van der Waals surface area contributed by atoms with Crippen LogP contribution in [0.1, 0.15) is 24.2 Å². The summed E-state index contributed by atoms with van der Waals surface area (Å²) in [6.45, 7) is 5.41. The van der Waals surface area contributed by atoms with Gasteiger partial charge in [0.15, 0.2) is 0 Å². The van der Waals surface area contributed by atoms with E-state index in [9.17, 15) is 4.79 Å². The standard InChI is InChI=1S/C22H29N3O2S/c1-17(28-3)18-6-4-7-19(16-18)23-22(26)25-13-5-12-24(14-15-25)20-8-10-21(27-2)11-9-20/h4,6-11,16-17H,5,12-15H2,1-3H3,(H,23,26)/t17-/m0/s1. The molecule has 0 spiro atoms. The number of ether oxygens (including phenoxy) is 1. The summed E-state index contributed by atoms with van der Waals surface area (Å²) in [6, 6.07) is 16.2. The lowest BCUT2D eigenvalue weighted by atomic mass is 10.1. The van der Waals surface area contributed by atoms with Crippen LogP contribution < -0.4 is 15.0 Å². The molecule has 0 aromatic heterocycles. The molecule has 1 saturated heterocycles. The van der Waals surface area contributed by atoms with E-state index in [4.69, 9.17) is 4.74 Å². The second kappa shape index (κ2) is 9.73. The van der Waals surface area contributed by atoms with Gasteiger partial charge in [-0.1, -0.05) is 12.1 Å². The Hall–Kier alpha value is -2.34. The molecule has 0 unspecified atom stereocenters. The maximum absolute atomic E-state index is 12.8. The smallest absolute Gasteiger partial charge is 0.321 e. The molecule has 1 atom stereocenters. The van der Waals surface area contributed by atoms with Crippen LogP contribution in [0.25, 0.3) is 0 Å². The Morgan fingerprint density at radius 1 is 1.11 bits per heavy atom. The van der Waals surface area contributed by atoms with Crippen molar-refractivity contribution in [1.29, 1.82) is 0 Å². The van der Waals surface area contributed by atoms with Gasteiger partial charge in [-0.3, -0.25) is 0 Å². The molecule has 150 valence electrons. The molecule has 1 aliphatic heterocycles. The van der Waals surface area contributed by atoms with Gasteiger partial charge in [0.1, 0.15) is 5.75 Å². The van der Waals surface area contributed by atoms with E-state index in [0.29, 0.717) is 11.8 Å². The molecule has 1 heterocycles. The monoisotopic (exact) mass is 399 g/mol. The number of amides is 2. The van der Waals surface area contributed by atoms with Gasteiger partial charge in [0.25, 0.3) is 0 Å². The van der Waals surface area contributed by atoms with Gasteiger partial charge in [0.2, 0.25) is 0 Å². The van der Waals surface area contributed by atoms with Crippen LogP contribution in [-0.2, 0) is 0 Å². The average molecular weight is 400 g/mol. The third kappa shape index (κ3) is 5.13. The van der Waals surface area contributed by atoms with E-state index in [1.807, 2.05) is 29.2 Å². The number of carbonyl (C=O) groups excluding carboxylic acids is 1. The molecule has 1 aliphatic rings. The number of hydrogen-bond donors (Lipinski definition) is 1. The number of hydrogen-bond acceptors (Lipinski definition) is 4. The highest BCUT2D eigenvalue weighted by atomic mass is 32.2. The van der Waals surface area contributed by atoms with E-state index in [-0.39, 0.29) is 6.03 Å². The van der Waals surface area contributed by atoms with E-state index in [1.54, 1.807) is 18.9 Å². The molecule has 1 N–H and O–H groups in total. The van der Waals surface area contributed by atoms with Crippen molar-refractivity contribution in [2.75, 3.05) is 49.8 Å². The van der Waals surface area contributed by atoms with Crippen molar-refractivity contribution in [2.45, 2.75) is 18.6 Å². The van der Waals surface area contributed by atoms with Gasteiger partial charge in [0.05, 0.1) is 7.11 Å². The minimum absolute atomic E-state index is 0.0227. The molecular weight excluding hydrogens is 370 g/mol. The number of thioether (sulfide) groups is 1. The van der Waals surface area contributed by atoms with Crippen LogP contribution in [-0.4, -0.2) is 50.5 Å². The number of methoxy groups -OCH3 is 1. The number of nitrogens with zero attached hydrogens (tertiary/aromatic N) is 2. The molecule has 1 fully saturated rings. The van der Waals surface area contributed by atoms with Crippen molar-refractivity contribution < 1.29 is 9.53 Å². The number of benzene rings is 2. The van der Waals surface area contributed by atoms with Crippen molar-refractivity contribution in [2.24, 2.45) is 0 Å². The quantitative estimate of drug-likeness (QED) is 0.780. The number of urea groups is 1. The van der Waals surface area contributed by atoms with E-state index in [0.717, 1.165) is 37.5 Å². The maximum Gasteiger partial charge on any atom is 0.321 e. The van der Waals surface area contributed by atoms with Crippen LogP contribution in [0.4, 0.5) is 16.2 Å². The van der Waals surface area contributed by atoms with Crippen molar-refractivity contribution in [1.82, 2.24) is 4.90 Å². The van der Waals surface area contributed by atoms with Crippen molar-refractivity contribution in [3.8, 4) is 5.75 Å². The lowest BCUT2D eigenvalue weighted by Gasteiger charge is -2.24. The maximum atomic E-state index is 12.8. The van der Waals surface area contributed by atoms with Gasteiger partial charge < -0.3 is 19.9 Å². The fourth-order valence-corrected chi connectivity index (χ4v) is 3.80. The zero-order chi connectivity index (χ0) is 19.9. The predicted molar refractivity (Wildman–Crippen MR) is 119 cm³/mol. The van der Waals surface area contributed by atoms with E-state index >= 15 is 0 Å². The van der Waals surface area contributed by atoms with E-state index in [1.165, 1.54) is 11.3 Å². The fraction of sp³-hybridized carbons (Fsp3) is 0.409. The van der Waals surface area contributed by atoms with Crippen LogP contribution in [0.15, 0.2) is 48.5 Å². The molecule has 6 heteroatoms. The number of nitrogens with one attached hydrogen (secondary N) is 1. The molecule has 28 heavy (non-hydrogen) atoms. The first-order valence-electron chi connectivity index (χ1n) is 9.68. The van der Waals surface area contributed by atoms with Gasteiger partial charge in [-0.2, -0.15) is 11.8 Å². The third-order valence-electron chi connectivity index (χ3n) is 5.18. The second-order valence-electron chi connectivity index (χ2n) is 6.96. The normalized spacial score (nSPS) is 15.7. The van der Waals surface area contributed by atoms with Crippen LogP contribution in [0, 0.1) is 0 Å². The molecule has 0 aliphatic carbocycles. The molecule has 3 rings (SSSR count). The number of carbonyl (C=O) groups is 1. The highest BCUT2D eigenvalue weighted by molar-refractivity contribution is 7.98. The summed E-state index contributed by atoms with van der Waals surface area (Å²) >= 11 is 1.80. The minimum atomic E-state index is -0.0227. The Balaban J connectivity index is 1.59. The van der Waals surface area contributed by atoms with Crippen molar-refractivity contribution in [3.05, 3.63) is 54.1 Å². The molecule has 0 bridgehead atoms. The summed E-state index contributed by atoms with van der Waals surface area (Å²) in [5, 5.41) is 3.48. The summed E-state index contributed by atoms with van der Waals surface area (Å²) in [5.74, 6) is 0.859. The number of anilines is 2. The first-order valence-corrected chi connectivity index (χ1v) is 11.0. The van der Waals surface area contributed by atoms with Crippen LogP contribution >= 0.6 is 11.8 Å². The highest BCUT2D eigenvalue weighted by Crippen LogP contribution is 2.27. The molecular formula is C22H29N3O2S. The van der Waals surface area contributed by atoms with Crippen LogP contribution in [0.3, 0.4) is 0 Å². The molecule has 2 aromatic rings. The molecule has 0 radical (unpaired) electrons. The molecule has 2 amide bonds. The van der Waals surface area contributed by atoms with Crippen LogP contribution in [0.5, 0.6) is 5.75 Å². The molecule has 5 nitrogen and oxygen atoms in total. The van der Waals surface area contributed by atoms with Gasteiger partial charge >= 0.3 is 6.03 Å². The summed E-state index contributed by atoms with van der Waals surface area (Å²) < 4.78 is 5.24. The molecule has 2 aromatic carbocycles. The van der Waals surface area contributed by atoms with Crippen LogP contribution in [0.2, 0.25) is 0 Å². The summed E-state index contributed by atoms with van der Waals surface area (Å²) in [6.07, 6.45) is 3.05. The Labute approximate surface area is 172 Å². The predicted octanol–water partition coefficient (Wildman–Crippen LogP) is 4.86. The summed E-state index contributed by atoms with van der Waals surface area (Å²) in [7, 11) is 1.68. The first-order chi connectivity index (χ1) is 13.6. The minimum Gasteiger partial charge on any atom is -0.497 e. The highest BCUT2D eigenvalue weighted by Gasteiger charge is 2.19. The zero-order valence-electron chi connectivity index (χ0n) is 16.9. The van der Waals surface area contributed by atoms with E-state index < -0.39 is 0 Å². The topological polar surface area (TPSA) is 44.8 Å². The Morgan fingerprint density at radius 3 is 2.61 bits per heavy atom. The largest absolute Gasteiger partial charge is 0.497 e. The first kappa shape index (κ1) is 20.4. The van der Waals surface area contributed by atoms with Gasteiger partial charge in [0, 0.05) is 42.8 Å². The number of rotatable bonds is 5. The van der Waals surface area contributed by atoms with E-state index in [2.05, 4.69) is 47.7 Å². The lowest BCUT2D eigenvalue weighted by Crippen LogP contribution is -2.38. The Kier molecular flexibility index (Phi) is 7.09. The molecule has 0 saturated carbocycles. The Morgan fingerprint density at radius 2 is 1.89 bits per heavy atom. The lowest BCUT2D eigenvalue weighted by molar-refractivity contribution is 0.215. The van der Waals surface area contributed by atoms with Crippen molar-refractivity contribution >= 4 is 29.2 Å². The van der Waals surface area contributed by atoms with Crippen molar-refractivity contribution in [3.63, 3.8) is 0 Å². The fourth-order valence-electron chi connectivity index (χ4n) is 3.38. The van der Waals surface area contributed by atoms with Gasteiger partial charge in [-0.05, 0) is 61.6 Å². The second-order valence-corrected chi connectivity index (χ2v) is 8.14. The SMILES string of the molecule is COc1ccc(N2CCCN(C(=O)Nc3cccc([C@H](C)SC)c3)CC2)cc1. The Bertz CT molecular complexity index is 782. The summed E-state index contributed by atoms with van der Waals surface area (Å²) in [4.78, 5) is 17.0. The average Bonchev–Trinajstić information content (AvgIpc) is 3.00. The van der Waals surface area contributed by atoms with Gasteiger partial charge in [-0.25, -0.2) is 4.79 Å². The summed E-state index contributed by atoms with van der Waals surface area (Å²) in [5.41, 5.74) is 3.26. The zero-order valence-corrected chi connectivity index (χ0v) is 17.7. The van der Waals surface area contributed by atoms with Gasteiger partial charge in [-0.15, -0.1) is 0 Å².